The maximum atomic E-state index is 13.3. The minimum atomic E-state index is -4.52. The molecular formula is C26H23F3N4O3. The number of nitrogens with zero attached hydrogens (tertiary/aromatic N) is 3. The molecule has 0 aliphatic heterocycles. The number of nitrogens with one attached hydrogen (secondary N) is 1. The number of benzene rings is 3. The van der Waals surface area contributed by atoms with Crippen LogP contribution in [0.1, 0.15) is 21.5 Å². The summed E-state index contributed by atoms with van der Waals surface area (Å²) in [7, 11) is 1.51. The van der Waals surface area contributed by atoms with Gasteiger partial charge in [-0.3, -0.25) is 4.79 Å². The van der Waals surface area contributed by atoms with E-state index in [4.69, 9.17) is 9.47 Å². The Bertz CT molecular complexity index is 1350. The van der Waals surface area contributed by atoms with Crippen LogP contribution in [0.5, 0.6) is 6.01 Å². The van der Waals surface area contributed by atoms with E-state index in [0.29, 0.717) is 16.9 Å². The average Bonchev–Trinajstić information content (AvgIpc) is 3.29. The standard InChI is InChI=1S/C26H23F3N4O3/c1-17-9-11-18(12-10-17)24(34)30-21-7-4-8-22(16-21)33-23(31-25(32-33)36-14-13-35-2)19-5-3-6-20(15-19)26(27,28)29/h3-12,15-16H,13-14H2,1-2H3,(H,30,34). The number of amides is 1. The Kier molecular flexibility index (Phi) is 7.35. The predicted molar refractivity (Wildman–Crippen MR) is 128 cm³/mol. The summed E-state index contributed by atoms with van der Waals surface area (Å²) >= 11 is 0. The Hall–Kier alpha value is -4.18. The van der Waals surface area contributed by atoms with Gasteiger partial charge in [0.1, 0.15) is 6.61 Å². The molecule has 0 aliphatic rings. The number of halogens is 3. The summed E-state index contributed by atoms with van der Waals surface area (Å²) in [6.45, 7) is 2.38. The number of rotatable bonds is 8. The van der Waals surface area contributed by atoms with Crippen LogP contribution in [0, 0.1) is 6.92 Å². The second-order valence-electron chi connectivity index (χ2n) is 7.92. The zero-order valence-corrected chi connectivity index (χ0v) is 19.5. The second-order valence-corrected chi connectivity index (χ2v) is 7.92. The number of hydrogen-bond donors (Lipinski definition) is 1. The molecule has 0 saturated heterocycles. The van der Waals surface area contributed by atoms with Crippen LogP contribution in [0.4, 0.5) is 18.9 Å². The van der Waals surface area contributed by atoms with Crippen molar-refractivity contribution in [3.63, 3.8) is 0 Å². The molecular weight excluding hydrogens is 473 g/mol. The zero-order valence-electron chi connectivity index (χ0n) is 19.5. The van der Waals surface area contributed by atoms with Crippen molar-refractivity contribution < 1.29 is 27.4 Å². The van der Waals surface area contributed by atoms with Crippen molar-refractivity contribution in [2.45, 2.75) is 13.1 Å². The molecule has 0 fully saturated rings. The number of hydrogen-bond acceptors (Lipinski definition) is 5. The van der Waals surface area contributed by atoms with Gasteiger partial charge in [0, 0.05) is 23.9 Å². The third kappa shape index (κ3) is 5.89. The third-order valence-corrected chi connectivity index (χ3v) is 5.22. The largest absolute Gasteiger partial charge is 0.460 e. The van der Waals surface area contributed by atoms with Crippen LogP contribution in [0.25, 0.3) is 17.1 Å². The molecule has 0 radical (unpaired) electrons. The summed E-state index contributed by atoms with van der Waals surface area (Å²) in [6.07, 6.45) is -4.52. The molecule has 4 rings (SSSR count). The van der Waals surface area contributed by atoms with Gasteiger partial charge in [-0.15, -0.1) is 5.10 Å². The van der Waals surface area contributed by atoms with Crippen LogP contribution in [0.2, 0.25) is 0 Å². The van der Waals surface area contributed by atoms with Gasteiger partial charge in [-0.2, -0.15) is 18.2 Å². The highest BCUT2D eigenvalue weighted by atomic mass is 19.4. The molecule has 10 heteroatoms. The van der Waals surface area contributed by atoms with Gasteiger partial charge in [-0.1, -0.05) is 35.9 Å². The maximum Gasteiger partial charge on any atom is 0.416 e. The van der Waals surface area contributed by atoms with Gasteiger partial charge in [0.15, 0.2) is 5.82 Å². The number of aromatic nitrogens is 3. The highest BCUT2D eigenvalue weighted by Gasteiger charge is 2.31. The van der Waals surface area contributed by atoms with Crippen LogP contribution in [-0.4, -0.2) is 41.0 Å². The van der Waals surface area contributed by atoms with Crippen LogP contribution in [0.3, 0.4) is 0 Å². The Morgan fingerprint density at radius 3 is 2.47 bits per heavy atom. The molecule has 0 atom stereocenters. The number of aryl methyl sites for hydroxylation is 1. The SMILES string of the molecule is COCCOc1nc(-c2cccc(C(F)(F)F)c2)n(-c2cccc(NC(=O)c3ccc(C)cc3)c2)n1. The first-order valence-corrected chi connectivity index (χ1v) is 11.0. The van der Waals surface area contributed by atoms with E-state index in [9.17, 15) is 18.0 Å². The molecule has 0 spiro atoms. The minimum Gasteiger partial charge on any atom is -0.460 e. The summed E-state index contributed by atoms with van der Waals surface area (Å²) in [5.41, 5.74) is 1.86. The first-order valence-electron chi connectivity index (χ1n) is 11.0. The van der Waals surface area contributed by atoms with Gasteiger partial charge in [-0.25, -0.2) is 4.68 Å². The predicted octanol–water partition coefficient (Wildman–Crippen LogP) is 5.54. The fourth-order valence-corrected chi connectivity index (χ4v) is 3.40. The number of carbonyl (C=O) groups is 1. The quantitative estimate of drug-likeness (QED) is 0.324. The molecule has 0 unspecified atom stereocenters. The Balaban J connectivity index is 1.69. The molecule has 1 N–H and O–H groups in total. The fraction of sp³-hybridized carbons (Fsp3) is 0.192. The van der Waals surface area contributed by atoms with Crippen molar-refractivity contribution in [2.75, 3.05) is 25.6 Å². The van der Waals surface area contributed by atoms with Gasteiger partial charge in [0.25, 0.3) is 5.91 Å². The van der Waals surface area contributed by atoms with Gasteiger partial charge in [0.2, 0.25) is 0 Å². The van der Waals surface area contributed by atoms with E-state index >= 15 is 0 Å². The van der Waals surface area contributed by atoms with Crippen molar-refractivity contribution in [2.24, 2.45) is 0 Å². The maximum absolute atomic E-state index is 13.3. The highest BCUT2D eigenvalue weighted by molar-refractivity contribution is 6.04. The lowest BCUT2D eigenvalue weighted by Crippen LogP contribution is -2.12. The molecule has 0 saturated carbocycles. The van der Waals surface area contributed by atoms with Gasteiger partial charge in [-0.05, 0) is 49.4 Å². The van der Waals surface area contributed by atoms with Gasteiger partial charge >= 0.3 is 12.2 Å². The molecule has 186 valence electrons. The zero-order chi connectivity index (χ0) is 25.7. The first-order chi connectivity index (χ1) is 17.2. The topological polar surface area (TPSA) is 78.3 Å². The molecule has 4 aromatic rings. The summed E-state index contributed by atoms with van der Waals surface area (Å²) in [6, 6.07) is 18.7. The summed E-state index contributed by atoms with van der Waals surface area (Å²) in [5, 5.41) is 7.17. The lowest BCUT2D eigenvalue weighted by atomic mass is 10.1. The van der Waals surface area contributed by atoms with E-state index in [0.717, 1.165) is 17.7 Å². The second kappa shape index (κ2) is 10.6. The van der Waals surface area contributed by atoms with Crippen LogP contribution in [-0.2, 0) is 10.9 Å². The van der Waals surface area contributed by atoms with Crippen LogP contribution >= 0.6 is 0 Å². The number of methoxy groups -OCH3 is 1. The Morgan fingerprint density at radius 2 is 1.75 bits per heavy atom. The highest BCUT2D eigenvalue weighted by Crippen LogP contribution is 2.33. The number of alkyl halides is 3. The van der Waals surface area contributed by atoms with Crippen molar-refractivity contribution in [1.29, 1.82) is 0 Å². The molecule has 0 aliphatic carbocycles. The van der Waals surface area contributed by atoms with E-state index in [-0.39, 0.29) is 36.5 Å². The normalized spacial score (nSPS) is 11.4. The molecule has 1 aromatic heterocycles. The van der Waals surface area contributed by atoms with Crippen LogP contribution in [0.15, 0.2) is 72.8 Å². The number of carbonyl (C=O) groups excluding carboxylic acids is 1. The summed E-state index contributed by atoms with van der Waals surface area (Å²) in [5.74, 6) is -0.150. The molecule has 0 bridgehead atoms. The number of anilines is 1. The fourth-order valence-electron chi connectivity index (χ4n) is 3.40. The summed E-state index contributed by atoms with van der Waals surface area (Å²) < 4.78 is 51.8. The van der Waals surface area contributed by atoms with E-state index in [2.05, 4.69) is 15.4 Å². The lowest BCUT2D eigenvalue weighted by molar-refractivity contribution is -0.137. The van der Waals surface area contributed by atoms with E-state index in [1.807, 2.05) is 19.1 Å². The molecule has 1 amide bonds. The average molecular weight is 496 g/mol. The first kappa shape index (κ1) is 24.9. The molecule has 7 nitrogen and oxygen atoms in total. The van der Waals surface area contributed by atoms with E-state index < -0.39 is 11.7 Å². The minimum absolute atomic E-state index is 0.0199. The Labute approximate surface area is 205 Å². The van der Waals surface area contributed by atoms with Crippen molar-refractivity contribution >= 4 is 11.6 Å². The molecule has 1 heterocycles. The van der Waals surface area contributed by atoms with Crippen molar-refractivity contribution in [3.05, 3.63) is 89.5 Å². The number of ether oxygens (including phenoxy) is 2. The van der Waals surface area contributed by atoms with Crippen LogP contribution < -0.4 is 10.1 Å². The van der Waals surface area contributed by atoms with Crippen molar-refractivity contribution in [3.8, 4) is 23.1 Å². The molecule has 3 aromatic carbocycles. The Morgan fingerprint density at radius 1 is 1.00 bits per heavy atom. The van der Waals surface area contributed by atoms with Crippen molar-refractivity contribution in [1.82, 2.24) is 14.8 Å². The monoisotopic (exact) mass is 496 g/mol. The smallest absolute Gasteiger partial charge is 0.416 e. The van der Waals surface area contributed by atoms with E-state index in [1.165, 1.54) is 23.9 Å². The lowest BCUT2D eigenvalue weighted by Gasteiger charge is -2.11. The van der Waals surface area contributed by atoms with Gasteiger partial charge < -0.3 is 14.8 Å². The van der Waals surface area contributed by atoms with E-state index in [1.54, 1.807) is 36.4 Å². The third-order valence-electron chi connectivity index (χ3n) is 5.22. The van der Waals surface area contributed by atoms with Gasteiger partial charge in [0.05, 0.1) is 17.9 Å². The molecule has 36 heavy (non-hydrogen) atoms. The summed E-state index contributed by atoms with van der Waals surface area (Å²) in [4.78, 5) is 17.0.